The molecule has 0 aliphatic rings. The fourth-order valence-electron chi connectivity index (χ4n) is 5.15. The maximum absolute atomic E-state index is 13.6. The Morgan fingerprint density at radius 1 is 0.644 bits per heavy atom. The lowest BCUT2D eigenvalue weighted by atomic mass is 10.1. The highest BCUT2D eigenvalue weighted by molar-refractivity contribution is 5.98. The second-order valence-corrected chi connectivity index (χ2v) is 13.6. The van der Waals surface area contributed by atoms with Gasteiger partial charge in [0.1, 0.15) is 30.2 Å². The molecule has 336 valence electrons. The van der Waals surface area contributed by atoms with E-state index in [9.17, 15) is 63.6 Å². The zero-order valence-electron chi connectivity index (χ0n) is 33.4. The molecule has 0 heterocycles. The normalized spacial score (nSPS) is 15.2. The fraction of sp³-hybridized carbons (Fsp3) is 0.686. The Hall–Kier alpha value is -5.43. The average molecular weight is 846 g/mol. The summed E-state index contributed by atoms with van der Waals surface area (Å²) in [6.07, 6.45) is 3.86. The molecule has 0 aromatic carbocycles. The van der Waals surface area contributed by atoms with Crippen LogP contribution in [0.15, 0.2) is 12.2 Å². The Kier molecular flexibility index (Phi) is 27.0. The van der Waals surface area contributed by atoms with Gasteiger partial charge in [-0.3, -0.25) is 38.4 Å². The van der Waals surface area contributed by atoms with Gasteiger partial charge in [0.25, 0.3) is 0 Å². The Bertz CT molecular complexity index is 1430. The summed E-state index contributed by atoms with van der Waals surface area (Å²) < 4.78 is 0. The number of urea groups is 1. The first kappa shape index (κ1) is 53.6. The smallest absolute Gasteiger partial charge is 0.312 e. The van der Waals surface area contributed by atoms with Crippen LogP contribution in [0.3, 0.4) is 0 Å². The first-order valence-corrected chi connectivity index (χ1v) is 19.2. The third-order valence-electron chi connectivity index (χ3n) is 8.55. The SMILES string of the molecule is CCCCCCC/C=C\C(=O)N[C@H](CCCNC(N)=O)C(=O)N[C@@H](CO)C(=O)NC(CCNC(=O)C(N)C(C)O)C(=O)N[C@H](C(=O)NC(CO)CC(N)=O)C(O)C(N)=O. The van der Waals surface area contributed by atoms with Crippen LogP contribution in [0, 0.1) is 0 Å². The number of carbonyl (C=O) groups excluding carboxylic acids is 9. The van der Waals surface area contributed by atoms with Crippen LogP contribution in [0.4, 0.5) is 4.79 Å². The second-order valence-electron chi connectivity index (χ2n) is 13.6. The van der Waals surface area contributed by atoms with E-state index in [0.717, 1.165) is 32.1 Å². The minimum Gasteiger partial charge on any atom is -0.394 e. The van der Waals surface area contributed by atoms with Crippen molar-refractivity contribution in [3.8, 4) is 0 Å². The number of nitrogens with one attached hydrogen (secondary N) is 7. The first-order chi connectivity index (χ1) is 27.8. The molecule has 24 nitrogen and oxygen atoms in total. The molecular weight excluding hydrogens is 782 g/mol. The van der Waals surface area contributed by atoms with Gasteiger partial charge in [-0.2, -0.15) is 0 Å². The predicted octanol–water partition coefficient (Wildman–Crippen LogP) is -6.30. The van der Waals surface area contributed by atoms with Crippen LogP contribution < -0.4 is 60.2 Å². The van der Waals surface area contributed by atoms with Crippen LogP contribution in [0.1, 0.15) is 78.1 Å². The van der Waals surface area contributed by atoms with E-state index in [0.29, 0.717) is 6.42 Å². The zero-order chi connectivity index (χ0) is 45.1. The van der Waals surface area contributed by atoms with Gasteiger partial charge in [0.2, 0.25) is 47.3 Å². The molecule has 0 aliphatic carbocycles. The van der Waals surface area contributed by atoms with E-state index < -0.39 is 134 Å². The molecule has 59 heavy (non-hydrogen) atoms. The second kappa shape index (κ2) is 29.7. The highest BCUT2D eigenvalue weighted by atomic mass is 16.3. The Labute approximate surface area is 341 Å². The number of amides is 10. The van der Waals surface area contributed by atoms with Crippen molar-refractivity contribution < 1.29 is 63.6 Å². The third kappa shape index (κ3) is 22.9. The summed E-state index contributed by atoms with van der Waals surface area (Å²) in [7, 11) is 0. The molecule has 0 spiro atoms. The van der Waals surface area contributed by atoms with E-state index in [1.165, 1.54) is 13.0 Å². The summed E-state index contributed by atoms with van der Waals surface area (Å²) in [5.74, 6) is -8.68. The number of rotatable bonds is 31. The number of aliphatic hydroxyl groups excluding tert-OH is 4. The van der Waals surface area contributed by atoms with Gasteiger partial charge < -0.3 is 80.6 Å². The van der Waals surface area contributed by atoms with Crippen LogP contribution in [-0.4, -0.2) is 148 Å². The summed E-state index contributed by atoms with van der Waals surface area (Å²) in [5, 5.41) is 55.6. The van der Waals surface area contributed by atoms with Gasteiger partial charge in [-0.1, -0.05) is 38.7 Å². The molecule has 0 saturated heterocycles. The summed E-state index contributed by atoms with van der Waals surface area (Å²) in [6, 6.07) is -10.6. The molecule has 19 N–H and O–H groups in total. The van der Waals surface area contributed by atoms with Crippen molar-refractivity contribution in [1.82, 2.24) is 37.2 Å². The summed E-state index contributed by atoms with van der Waals surface area (Å²) in [4.78, 5) is 113. The third-order valence-corrected chi connectivity index (χ3v) is 8.55. The molecule has 0 saturated carbocycles. The minimum absolute atomic E-state index is 0.0250. The number of unbranched alkanes of at least 4 members (excludes halogenated alkanes) is 5. The molecule has 0 aromatic rings. The van der Waals surface area contributed by atoms with Crippen LogP contribution in [0.2, 0.25) is 0 Å². The van der Waals surface area contributed by atoms with E-state index in [4.69, 9.17) is 22.9 Å². The van der Waals surface area contributed by atoms with Gasteiger partial charge in [0.15, 0.2) is 6.10 Å². The van der Waals surface area contributed by atoms with Crippen molar-refractivity contribution in [2.45, 2.75) is 127 Å². The molecule has 8 atom stereocenters. The molecule has 0 radical (unpaired) electrons. The molecule has 24 heteroatoms. The monoisotopic (exact) mass is 845 g/mol. The summed E-state index contributed by atoms with van der Waals surface area (Å²) in [5.41, 5.74) is 21.0. The van der Waals surface area contributed by atoms with Gasteiger partial charge in [-0.15, -0.1) is 0 Å². The Morgan fingerprint density at radius 2 is 1.24 bits per heavy atom. The summed E-state index contributed by atoms with van der Waals surface area (Å²) >= 11 is 0. The molecular formula is C35H63N11O13. The number of nitrogens with two attached hydrogens (primary N) is 4. The lowest BCUT2D eigenvalue weighted by Gasteiger charge is -2.28. The first-order valence-electron chi connectivity index (χ1n) is 19.2. The molecule has 0 bridgehead atoms. The lowest BCUT2D eigenvalue weighted by molar-refractivity contribution is -0.140. The molecule has 0 aliphatic heterocycles. The molecule has 0 fully saturated rings. The average Bonchev–Trinajstić information content (AvgIpc) is 3.17. The quantitative estimate of drug-likeness (QED) is 0.0228. The van der Waals surface area contributed by atoms with Crippen LogP contribution in [0.5, 0.6) is 0 Å². The lowest BCUT2D eigenvalue weighted by Crippen LogP contribution is -2.63. The van der Waals surface area contributed by atoms with Crippen molar-refractivity contribution >= 4 is 53.3 Å². The number of carbonyl (C=O) groups is 9. The van der Waals surface area contributed by atoms with Crippen molar-refractivity contribution in [3.05, 3.63) is 12.2 Å². The van der Waals surface area contributed by atoms with E-state index in [2.05, 4.69) is 38.8 Å². The van der Waals surface area contributed by atoms with Gasteiger partial charge in [0.05, 0.1) is 25.4 Å². The van der Waals surface area contributed by atoms with Crippen molar-refractivity contribution in [1.29, 1.82) is 0 Å². The Morgan fingerprint density at radius 3 is 1.80 bits per heavy atom. The van der Waals surface area contributed by atoms with Crippen molar-refractivity contribution in [2.75, 3.05) is 26.3 Å². The number of aliphatic hydroxyl groups is 4. The Balaban J connectivity index is 6.29. The van der Waals surface area contributed by atoms with Crippen LogP contribution >= 0.6 is 0 Å². The minimum atomic E-state index is -2.40. The number of primary amides is 3. The van der Waals surface area contributed by atoms with Crippen molar-refractivity contribution in [2.24, 2.45) is 22.9 Å². The molecule has 0 rings (SSSR count). The zero-order valence-corrected chi connectivity index (χ0v) is 33.4. The van der Waals surface area contributed by atoms with E-state index >= 15 is 0 Å². The van der Waals surface area contributed by atoms with Gasteiger partial charge in [-0.05, 0) is 45.1 Å². The van der Waals surface area contributed by atoms with Gasteiger partial charge >= 0.3 is 6.03 Å². The summed E-state index contributed by atoms with van der Waals surface area (Å²) in [6.45, 7) is 1.05. The van der Waals surface area contributed by atoms with Crippen LogP contribution in [0.25, 0.3) is 0 Å². The number of allylic oxidation sites excluding steroid dienone is 1. The number of hydrogen-bond donors (Lipinski definition) is 15. The van der Waals surface area contributed by atoms with E-state index in [1.54, 1.807) is 6.08 Å². The van der Waals surface area contributed by atoms with Gasteiger partial charge in [-0.25, -0.2) is 4.79 Å². The van der Waals surface area contributed by atoms with E-state index in [1.807, 2.05) is 5.32 Å². The molecule has 10 amide bonds. The molecule has 5 unspecified atom stereocenters. The molecule has 0 aromatic heterocycles. The topological polar surface area (TPSA) is 423 Å². The number of hydrogen-bond acceptors (Lipinski definition) is 14. The van der Waals surface area contributed by atoms with E-state index in [-0.39, 0.29) is 19.4 Å². The standard InChI is InChI=1S/C35H63N11O13/c1-3-4-5-6-7-8-9-12-25(51)43-21(11-10-14-41-35(39)59)30(54)45-23(18-48)32(56)44-22(13-15-40-33(57)26(37)19(2)49)31(55)46-27(28(52)29(38)53)34(58)42-20(17-47)16-24(36)50/h9,12,19-23,26-28,47-49,52H,3-8,10-11,13-18,37H2,1-2H3,(H2,36,50)(H2,38,53)(H,40,57)(H,42,58)(H,43,51)(H,44,56)(H,45,54)(H,46,55)(H3,39,41,59)/b12-9-/t19?,20?,21-,22?,23+,26?,27+,28?/m1/s1. The van der Waals surface area contributed by atoms with Gasteiger partial charge in [0, 0.05) is 19.5 Å². The van der Waals surface area contributed by atoms with Crippen LogP contribution in [-0.2, 0) is 38.4 Å². The largest absolute Gasteiger partial charge is 0.394 e. The maximum atomic E-state index is 13.6. The maximum Gasteiger partial charge on any atom is 0.312 e. The highest BCUT2D eigenvalue weighted by Crippen LogP contribution is 2.06. The van der Waals surface area contributed by atoms with Crippen molar-refractivity contribution in [3.63, 3.8) is 0 Å². The predicted molar refractivity (Wildman–Crippen MR) is 209 cm³/mol. The highest BCUT2D eigenvalue weighted by Gasteiger charge is 2.36. The fourth-order valence-corrected chi connectivity index (χ4v) is 5.15.